The molecule has 1 aromatic carbocycles. The van der Waals surface area contributed by atoms with Crippen molar-refractivity contribution in [3.8, 4) is 0 Å². The van der Waals surface area contributed by atoms with Crippen LogP contribution >= 0.6 is 11.3 Å². The molecule has 0 bridgehead atoms. The molecule has 0 radical (unpaired) electrons. The number of aromatic nitrogens is 3. The van der Waals surface area contributed by atoms with Gasteiger partial charge in [0.05, 0.1) is 42.1 Å². The van der Waals surface area contributed by atoms with Crippen molar-refractivity contribution in [1.82, 2.24) is 15.0 Å². The molecule has 0 amide bonds. The summed E-state index contributed by atoms with van der Waals surface area (Å²) in [6.45, 7) is 1.83. The van der Waals surface area contributed by atoms with Crippen LogP contribution in [0.4, 0.5) is 5.82 Å². The van der Waals surface area contributed by atoms with E-state index in [9.17, 15) is 0 Å². The fraction of sp³-hybridized carbons (Fsp3) is 0.353. The first-order chi connectivity index (χ1) is 11.9. The number of rotatable bonds is 5. The molecule has 7 heteroatoms. The molecule has 1 saturated heterocycles. The topological polar surface area (TPSA) is 69.2 Å². The van der Waals surface area contributed by atoms with E-state index in [1.807, 2.05) is 35.2 Å². The molecule has 24 heavy (non-hydrogen) atoms. The van der Waals surface area contributed by atoms with Gasteiger partial charge in [0.15, 0.2) is 0 Å². The molecular formula is C17H18N4O2S. The summed E-state index contributed by atoms with van der Waals surface area (Å²) < 4.78 is 11.7. The number of hydrogen-bond acceptors (Lipinski definition) is 7. The highest BCUT2D eigenvalue weighted by Crippen LogP contribution is 2.23. The van der Waals surface area contributed by atoms with Crippen LogP contribution in [0.3, 0.4) is 0 Å². The van der Waals surface area contributed by atoms with E-state index in [1.54, 1.807) is 17.7 Å². The summed E-state index contributed by atoms with van der Waals surface area (Å²) in [5.74, 6) is 0.818. The minimum absolute atomic E-state index is 0.0516. The lowest BCUT2D eigenvalue weighted by Gasteiger charge is -2.32. The first-order valence-corrected chi connectivity index (χ1v) is 8.87. The van der Waals surface area contributed by atoms with E-state index in [2.05, 4.69) is 20.3 Å². The lowest BCUT2D eigenvalue weighted by Crippen LogP contribution is -2.44. The summed E-state index contributed by atoms with van der Waals surface area (Å²) in [4.78, 5) is 13.0. The highest BCUT2D eigenvalue weighted by atomic mass is 32.1. The second-order valence-corrected chi connectivity index (χ2v) is 6.40. The van der Waals surface area contributed by atoms with Gasteiger partial charge in [-0.15, -0.1) is 11.3 Å². The molecule has 1 fully saturated rings. The second-order valence-electron chi connectivity index (χ2n) is 5.68. The van der Waals surface area contributed by atoms with Crippen LogP contribution in [-0.4, -0.2) is 40.3 Å². The largest absolute Gasteiger partial charge is 0.379 e. The maximum atomic E-state index is 6.08. The number of hydrogen-bond donors (Lipinski definition) is 1. The lowest BCUT2D eigenvalue weighted by molar-refractivity contribution is -0.0485. The van der Waals surface area contributed by atoms with Gasteiger partial charge in [-0.2, -0.15) is 0 Å². The van der Waals surface area contributed by atoms with Gasteiger partial charge in [0.25, 0.3) is 0 Å². The van der Waals surface area contributed by atoms with Crippen LogP contribution < -0.4 is 5.32 Å². The summed E-state index contributed by atoms with van der Waals surface area (Å²) in [7, 11) is 0. The average molecular weight is 342 g/mol. The van der Waals surface area contributed by atoms with E-state index >= 15 is 0 Å². The van der Waals surface area contributed by atoms with Crippen molar-refractivity contribution in [3.05, 3.63) is 47.2 Å². The summed E-state index contributed by atoms with van der Waals surface area (Å²) in [6.07, 6.45) is 2.50. The van der Waals surface area contributed by atoms with Crippen molar-refractivity contribution >= 4 is 28.1 Å². The first kappa shape index (κ1) is 15.4. The van der Waals surface area contributed by atoms with Crippen LogP contribution in [0.2, 0.25) is 0 Å². The van der Waals surface area contributed by atoms with Crippen molar-refractivity contribution in [2.24, 2.45) is 0 Å². The molecule has 0 saturated carbocycles. The second kappa shape index (κ2) is 7.21. The molecule has 124 valence electrons. The molecule has 1 aliphatic heterocycles. The third-order valence-corrected chi connectivity index (χ3v) is 4.72. The van der Waals surface area contributed by atoms with Crippen molar-refractivity contribution < 1.29 is 9.47 Å². The van der Waals surface area contributed by atoms with Crippen molar-refractivity contribution in [2.75, 3.05) is 18.5 Å². The average Bonchev–Trinajstić information content (AvgIpc) is 3.15. The molecule has 1 N–H and O–H groups in total. The van der Waals surface area contributed by atoms with Crippen LogP contribution in [0.5, 0.6) is 0 Å². The van der Waals surface area contributed by atoms with E-state index in [1.165, 1.54) is 0 Å². The number of benzene rings is 1. The van der Waals surface area contributed by atoms with Crippen molar-refractivity contribution in [2.45, 2.75) is 25.2 Å². The van der Waals surface area contributed by atoms with Gasteiger partial charge in [-0.1, -0.05) is 12.1 Å². The molecule has 4 rings (SSSR count). The van der Waals surface area contributed by atoms with Crippen LogP contribution in [0.15, 0.2) is 41.5 Å². The molecule has 2 atom stereocenters. The Morgan fingerprint density at radius 2 is 2.21 bits per heavy atom. The van der Waals surface area contributed by atoms with Crippen LogP contribution in [-0.2, 0) is 16.1 Å². The molecule has 0 aliphatic carbocycles. The summed E-state index contributed by atoms with van der Waals surface area (Å²) >= 11 is 1.58. The van der Waals surface area contributed by atoms with Crippen LogP contribution in [0.1, 0.15) is 12.1 Å². The molecular weight excluding hydrogens is 324 g/mol. The van der Waals surface area contributed by atoms with Crippen LogP contribution in [0.25, 0.3) is 10.9 Å². The van der Waals surface area contributed by atoms with E-state index in [-0.39, 0.29) is 12.1 Å². The minimum Gasteiger partial charge on any atom is -0.379 e. The predicted molar refractivity (Wildman–Crippen MR) is 93.1 cm³/mol. The normalized spacial score (nSPS) is 21.0. The Labute approximate surface area is 143 Å². The van der Waals surface area contributed by atoms with E-state index in [4.69, 9.17) is 9.47 Å². The Kier molecular flexibility index (Phi) is 4.64. The van der Waals surface area contributed by atoms with E-state index in [0.29, 0.717) is 19.8 Å². The maximum Gasteiger partial charge on any atom is 0.137 e. The molecule has 3 aromatic rings. The van der Waals surface area contributed by atoms with E-state index in [0.717, 1.165) is 28.8 Å². The fourth-order valence-corrected chi connectivity index (χ4v) is 3.39. The Bertz CT molecular complexity index is 791. The van der Waals surface area contributed by atoms with Gasteiger partial charge in [-0.3, -0.25) is 0 Å². The van der Waals surface area contributed by atoms with Gasteiger partial charge >= 0.3 is 0 Å². The summed E-state index contributed by atoms with van der Waals surface area (Å²) in [6, 6.07) is 8.02. The number of nitrogens with one attached hydrogen (secondary N) is 1. The van der Waals surface area contributed by atoms with Gasteiger partial charge in [0.1, 0.15) is 12.1 Å². The van der Waals surface area contributed by atoms with E-state index < -0.39 is 0 Å². The lowest BCUT2D eigenvalue weighted by atomic mass is 10.1. The number of para-hydroxylation sites is 1. The Morgan fingerprint density at radius 1 is 1.25 bits per heavy atom. The zero-order valence-corrected chi connectivity index (χ0v) is 13.9. The third kappa shape index (κ3) is 3.38. The maximum absolute atomic E-state index is 6.08. The monoisotopic (exact) mass is 342 g/mol. The quantitative estimate of drug-likeness (QED) is 0.769. The highest BCUT2D eigenvalue weighted by molar-refractivity contribution is 7.07. The predicted octanol–water partition coefficient (Wildman–Crippen LogP) is 2.87. The molecule has 6 nitrogen and oxygen atoms in total. The van der Waals surface area contributed by atoms with Gasteiger partial charge < -0.3 is 14.8 Å². The number of fused-ring (bicyclic) bond motifs is 1. The third-order valence-electron chi connectivity index (χ3n) is 4.09. The molecule has 0 unspecified atom stereocenters. The highest BCUT2D eigenvalue weighted by Gasteiger charge is 2.27. The number of nitrogens with zero attached hydrogens (tertiary/aromatic N) is 3. The summed E-state index contributed by atoms with van der Waals surface area (Å²) in [5, 5.41) is 6.50. The molecule has 1 aliphatic rings. The molecule has 2 aromatic heterocycles. The number of thiazole rings is 1. The van der Waals surface area contributed by atoms with Gasteiger partial charge in [0, 0.05) is 17.4 Å². The molecule has 0 spiro atoms. The minimum atomic E-state index is 0.0516. The van der Waals surface area contributed by atoms with Crippen molar-refractivity contribution in [3.63, 3.8) is 0 Å². The Balaban J connectivity index is 1.50. The SMILES string of the molecule is c1ccc2c(N[C@H]3COCC[C@H]3OCc3cscn3)ncnc2c1. The Hall–Kier alpha value is -2.09. The van der Waals surface area contributed by atoms with Gasteiger partial charge in [-0.25, -0.2) is 15.0 Å². The number of ether oxygens (including phenoxy) is 2. The smallest absolute Gasteiger partial charge is 0.137 e. The fourth-order valence-electron chi connectivity index (χ4n) is 2.85. The first-order valence-electron chi connectivity index (χ1n) is 7.93. The van der Waals surface area contributed by atoms with Crippen LogP contribution in [0, 0.1) is 0 Å². The zero-order chi connectivity index (χ0) is 16.2. The van der Waals surface area contributed by atoms with Gasteiger partial charge in [0.2, 0.25) is 0 Å². The number of anilines is 1. The zero-order valence-electron chi connectivity index (χ0n) is 13.1. The van der Waals surface area contributed by atoms with Gasteiger partial charge in [-0.05, 0) is 18.6 Å². The standard InChI is InChI=1S/C17H18N4O2S/c1-2-4-14-13(3-1)17(19-10-18-14)21-15-8-22-6-5-16(15)23-7-12-9-24-11-20-12/h1-4,9-11,15-16H,5-8H2,(H,18,19,21)/t15-,16+/m0/s1. The van der Waals surface area contributed by atoms with Crippen molar-refractivity contribution in [1.29, 1.82) is 0 Å². The summed E-state index contributed by atoms with van der Waals surface area (Å²) in [5.41, 5.74) is 3.72. The Morgan fingerprint density at radius 3 is 3.12 bits per heavy atom. The molecule has 3 heterocycles.